The zero-order valence-electron chi connectivity index (χ0n) is 16.6. The van der Waals surface area contributed by atoms with Gasteiger partial charge in [0.2, 0.25) is 0 Å². The monoisotopic (exact) mass is 390 g/mol. The third-order valence-electron chi connectivity index (χ3n) is 5.07. The predicted octanol–water partition coefficient (Wildman–Crippen LogP) is 2.20. The number of benzene rings is 1. The van der Waals surface area contributed by atoms with Crippen LogP contribution in [0.15, 0.2) is 54.4 Å². The average molecular weight is 390 g/mol. The van der Waals surface area contributed by atoms with Gasteiger partial charge in [0.1, 0.15) is 29.7 Å². The third-order valence-corrected chi connectivity index (χ3v) is 5.07. The van der Waals surface area contributed by atoms with Crippen LogP contribution in [-0.4, -0.2) is 53.0 Å². The molecule has 0 aliphatic carbocycles. The van der Waals surface area contributed by atoms with Crippen molar-refractivity contribution in [2.45, 2.75) is 18.9 Å². The second-order valence-electron chi connectivity index (χ2n) is 7.03. The van der Waals surface area contributed by atoms with Crippen molar-refractivity contribution < 1.29 is 14.3 Å². The van der Waals surface area contributed by atoms with Crippen molar-refractivity contribution in [3.63, 3.8) is 0 Å². The van der Waals surface area contributed by atoms with E-state index in [1.54, 1.807) is 26.1 Å². The Labute approximate surface area is 169 Å². The van der Waals surface area contributed by atoms with E-state index in [1.165, 1.54) is 29.2 Å². The van der Waals surface area contributed by atoms with E-state index >= 15 is 0 Å². The summed E-state index contributed by atoms with van der Waals surface area (Å²) in [5, 5.41) is 9.28. The van der Waals surface area contributed by atoms with Gasteiger partial charge in [0, 0.05) is 32.3 Å². The van der Waals surface area contributed by atoms with Crippen LogP contribution in [0.25, 0.3) is 6.08 Å². The van der Waals surface area contributed by atoms with Gasteiger partial charge < -0.3 is 9.64 Å². The summed E-state index contributed by atoms with van der Waals surface area (Å²) in [6, 6.07) is 14.9. The van der Waals surface area contributed by atoms with Gasteiger partial charge >= 0.3 is 0 Å². The largest absolute Gasteiger partial charge is 0.364 e. The molecule has 0 N–H and O–H groups in total. The van der Waals surface area contributed by atoms with E-state index < -0.39 is 5.54 Å². The minimum atomic E-state index is -1.10. The highest BCUT2D eigenvalue weighted by Crippen LogP contribution is 2.32. The molecule has 0 spiro atoms. The van der Waals surface area contributed by atoms with Crippen molar-refractivity contribution in [2.24, 2.45) is 0 Å². The number of amides is 2. The van der Waals surface area contributed by atoms with Gasteiger partial charge in [-0.05, 0) is 24.6 Å². The fourth-order valence-corrected chi connectivity index (χ4v) is 3.52. The second kappa shape index (κ2) is 8.25. The van der Waals surface area contributed by atoms with E-state index in [9.17, 15) is 14.9 Å². The molecule has 1 aliphatic heterocycles. The number of aromatic nitrogens is 1. The topological polar surface area (TPSA) is 86.5 Å². The van der Waals surface area contributed by atoms with Crippen LogP contribution in [0.1, 0.15) is 23.7 Å². The molecular weight excluding hydrogens is 368 g/mol. The molecule has 3 rings (SSSR count). The summed E-state index contributed by atoms with van der Waals surface area (Å²) in [5.41, 5.74) is 0.666. The van der Waals surface area contributed by atoms with Gasteiger partial charge in [-0.2, -0.15) is 5.26 Å². The Bertz CT molecular complexity index is 997. The van der Waals surface area contributed by atoms with E-state index in [4.69, 9.17) is 4.74 Å². The molecule has 1 aromatic carbocycles. The zero-order valence-corrected chi connectivity index (χ0v) is 16.6. The van der Waals surface area contributed by atoms with Gasteiger partial charge in [-0.3, -0.25) is 14.5 Å². The van der Waals surface area contributed by atoms with Gasteiger partial charge in [0.25, 0.3) is 11.8 Å². The molecule has 0 saturated carbocycles. The van der Waals surface area contributed by atoms with Crippen molar-refractivity contribution in [3.8, 4) is 6.07 Å². The SMILES string of the molecule is COCN1C(=O)/C(=C/c2cccnc2C#N)N(C)C(=O)C1(C)Cc1ccccc1. The van der Waals surface area contributed by atoms with Gasteiger partial charge in [0.05, 0.1) is 0 Å². The third kappa shape index (κ3) is 3.75. The summed E-state index contributed by atoms with van der Waals surface area (Å²) in [6.45, 7) is 1.72. The number of rotatable bonds is 5. The molecule has 1 aromatic heterocycles. The predicted molar refractivity (Wildman–Crippen MR) is 107 cm³/mol. The first-order valence-corrected chi connectivity index (χ1v) is 9.12. The van der Waals surface area contributed by atoms with Crippen molar-refractivity contribution in [1.29, 1.82) is 5.26 Å². The minimum absolute atomic E-state index is 0.0305. The Kier molecular flexibility index (Phi) is 5.76. The number of piperazine rings is 1. The van der Waals surface area contributed by atoms with E-state index in [0.29, 0.717) is 12.0 Å². The fraction of sp³-hybridized carbons (Fsp3) is 0.273. The number of methoxy groups -OCH3 is 1. The van der Waals surface area contributed by atoms with Crippen molar-refractivity contribution in [2.75, 3.05) is 20.9 Å². The number of pyridine rings is 1. The number of ether oxygens (including phenoxy) is 1. The quantitative estimate of drug-likeness (QED) is 0.731. The maximum absolute atomic E-state index is 13.4. The van der Waals surface area contributed by atoms with E-state index in [1.807, 2.05) is 36.4 Å². The first-order chi connectivity index (χ1) is 13.9. The maximum Gasteiger partial charge on any atom is 0.273 e. The standard InChI is InChI=1S/C22H22N4O3/c1-22(13-16-8-5-4-6-9-16)21(28)25(2)19(20(27)26(22)15-29-3)12-17-10-7-11-24-18(17)14-23/h4-12H,13,15H2,1-3H3/b19-12-. The Morgan fingerprint density at radius 2 is 1.93 bits per heavy atom. The molecular formula is C22H22N4O3. The summed E-state index contributed by atoms with van der Waals surface area (Å²) in [4.78, 5) is 33.6. The minimum Gasteiger partial charge on any atom is -0.364 e. The molecule has 0 radical (unpaired) electrons. The number of carbonyl (C=O) groups is 2. The summed E-state index contributed by atoms with van der Waals surface area (Å²) < 4.78 is 5.25. The van der Waals surface area contributed by atoms with Crippen molar-refractivity contribution in [1.82, 2.24) is 14.8 Å². The van der Waals surface area contributed by atoms with Crippen LogP contribution >= 0.6 is 0 Å². The Hall–Kier alpha value is -3.50. The molecule has 1 unspecified atom stereocenters. The molecule has 2 aromatic rings. The number of nitrogens with zero attached hydrogens (tertiary/aromatic N) is 4. The highest BCUT2D eigenvalue weighted by atomic mass is 16.5. The van der Waals surface area contributed by atoms with Crippen molar-refractivity contribution in [3.05, 3.63) is 71.2 Å². The van der Waals surface area contributed by atoms with Crippen LogP contribution in [0.5, 0.6) is 0 Å². The Morgan fingerprint density at radius 1 is 1.21 bits per heavy atom. The zero-order chi connectivity index (χ0) is 21.0. The molecule has 29 heavy (non-hydrogen) atoms. The first-order valence-electron chi connectivity index (χ1n) is 9.12. The second-order valence-corrected chi connectivity index (χ2v) is 7.03. The van der Waals surface area contributed by atoms with Crippen LogP contribution in [0.4, 0.5) is 0 Å². The average Bonchev–Trinajstić information content (AvgIpc) is 2.74. The van der Waals surface area contributed by atoms with Crippen molar-refractivity contribution >= 4 is 17.9 Å². The molecule has 2 amide bonds. The summed E-state index contributed by atoms with van der Waals surface area (Å²) in [6.07, 6.45) is 3.39. The first kappa shape index (κ1) is 20.2. The number of hydrogen-bond donors (Lipinski definition) is 0. The number of nitriles is 1. The van der Waals surface area contributed by atoms with Gasteiger partial charge in [0.15, 0.2) is 0 Å². The van der Waals surface area contributed by atoms with Crippen LogP contribution in [-0.2, 0) is 20.7 Å². The lowest BCUT2D eigenvalue weighted by atomic mass is 9.86. The van der Waals surface area contributed by atoms with Crippen LogP contribution in [0, 0.1) is 11.3 Å². The number of likely N-dealkylation sites (N-methyl/N-ethyl adjacent to an activating group) is 1. The molecule has 0 bridgehead atoms. The molecule has 1 saturated heterocycles. The lowest BCUT2D eigenvalue weighted by molar-refractivity contribution is -0.163. The lowest BCUT2D eigenvalue weighted by Gasteiger charge is -2.47. The molecule has 148 valence electrons. The normalized spacial score (nSPS) is 20.8. The van der Waals surface area contributed by atoms with E-state index in [2.05, 4.69) is 4.98 Å². The molecule has 7 nitrogen and oxygen atoms in total. The molecule has 2 heterocycles. The maximum atomic E-state index is 13.4. The molecule has 1 fully saturated rings. The summed E-state index contributed by atoms with van der Waals surface area (Å²) >= 11 is 0. The van der Waals surface area contributed by atoms with Gasteiger partial charge in [-0.25, -0.2) is 4.98 Å². The number of carbonyl (C=O) groups excluding carboxylic acids is 2. The Balaban J connectivity index is 2.05. The highest BCUT2D eigenvalue weighted by molar-refractivity contribution is 6.09. The van der Waals surface area contributed by atoms with Crippen LogP contribution in [0.2, 0.25) is 0 Å². The van der Waals surface area contributed by atoms with Gasteiger partial charge in [-0.15, -0.1) is 0 Å². The lowest BCUT2D eigenvalue weighted by Crippen LogP contribution is -2.66. The van der Waals surface area contributed by atoms with Gasteiger partial charge in [-0.1, -0.05) is 36.4 Å². The Morgan fingerprint density at radius 3 is 2.59 bits per heavy atom. The van der Waals surface area contributed by atoms with E-state index in [0.717, 1.165) is 5.56 Å². The van der Waals surface area contributed by atoms with Crippen LogP contribution in [0.3, 0.4) is 0 Å². The highest BCUT2D eigenvalue weighted by Gasteiger charge is 2.50. The van der Waals surface area contributed by atoms with Crippen LogP contribution < -0.4 is 0 Å². The molecule has 1 atom stereocenters. The number of hydrogen-bond acceptors (Lipinski definition) is 5. The smallest absolute Gasteiger partial charge is 0.273 e. The summed E-state index contributed by atoms with van der Waals surface area (Å²) in [7, 11) is 3.05. The molecule has 7 heteroatoms. The molecule has 1 aliphatic rings. The van der Waals surface area contributed by atoms with E-state index in [-0.39, 0.29) is 29.9 Å². The fourth-order valence-electron chi connectivity index (χ4n) is 3.52. The summed E-state index contributed by atoms with van der Waals surface area (Å²) in [5.74, 6) is -0.577.